The van der Waals surface area contributed by atoms with Crippen molar-refractivity contribution >= 4 is 11.9 Å². The maximum absolute atomic E-state index is 12.6. The van der Waals surface area contributed by atoms with Gasteiger partial charge in [-0.15, -0.1) is 0 Å². The molecule has 0 radical (unpaired) electrons. The van der Waals surface area contributed by atoms with Gasteiger partial charge in [-0.25, -0.2) is 4.79 Å². The number of hydrogen-bond donors (Lipinski definition) is 2. The second-order valence-electron chi connectivity index (χ2n) is 7.33. The molecule has 0 spiro atoms. The van der Waals surface area contributed by atoms with Gasteiger partial charge in [-0.2, -0.15) is 0 Å². The Hall–Kier alpha value is -3.61. The molecule has 2 heterocycles. The number of amides is 3. The molecule has 7 heteroatoms. The van der Waals surface area contributed by atoms with Crippen LogP contribution in [0.3, 0.4) is 0 Å². The normalized spacial score (nSPS) is 13.2. The molecule has 3 aromatic rings. The first-order chi connectivity index (χ1) is 14.6. The van der Waals surface area contributed by atoms with Gasteiger partial charge in [0, 0.05) is 31.5 Å². The first-order valence-corrected chi connectivity index (χ1v) is 10.0. The van der Waals surface area contributed by atoms with Gasteiger partial charge in [0.25, 0.3) is 0 Å². The highest BCUT2D eigenvalue weighted by atomic mass is 16.5. The Bertz CT molecular complexity index is 978. The summed E-state index contributed by atoms with van der Waals surface area (Å²) < 4.78 is 5.69. The van der Waals surface area contributed by atoms with Gasteiger partial charge in [0.15, 0.2) is 0 Å². The molecule has 0 saturated carbocycles. The quantitative estimate of drug-likeness (QED) is 0.660. The van der Waals surface area contributed by atoms with Crippen LogP contribution in [0.15, 0.2) is 65.2 Å². The van der Waals surface area contributed by atoms with Crippen LogP contribution in [0.25, 0.3) is 0 Å². The lowest BCUT2D eigenvalue weighted by Gasteiger charge is -2.27. The Kier molecular flexibility index (Phi) is 5.79. The number of carbonyl (C=O) groups excluding carboxylic acids is 2. The van der Waals surface area contributed by atoms with E-state index >= 15 is 0 Å². The van der Waals surface area contributed by atoms with Crippen LogP contribution >= 0.6 is 0 Å². The molecule has 0 atom stereocenters. The number of urea groups is 1. The summed E-state index contributed by atoms with van der Waals surface area (Å²) in [6, 6.07) is 19.7. The minimum atomic E-state index is -0.626. The third-order valence-corrected chi connectivity index (χ3v) is 5.39. The number of nitrogens with one attached hydrogen (secondary N) is 1. The molecule has 0 fully saturated rings. The third kappa shape index (κ3) is 4.20. The predicted octanol–water partition coefficient (Wildman–Crippen LogP) is 2.80. The number of aromatic nitrogens is 1. The Morgan fingerprint density at radius 3 is 2.30 bits per heavy atom. The monoisotopic (exact) mass is 404 g/mol. The fraction of sp³-hybridized carbons (Fsp3) is 0.261. The van der Waals surface area contributed by atoms with Crippen LogP contribution in [0.5, 0.6) is 0 Å². The van der Waals surface area contributed by atoms with E-state index in [-0.39, 0.29) is 24.8 Å². The van der Waals surface area contributed by atoms with Crippen molar-refractivity contribution < 1.29 is 14.1 Å². The molecule has 1 aliphatic rings. The van der Waals surface area contributed by atoms with Gasteiger partial charge >= 0.3 is 6.03 Å². The standard InChI is InChI=1S/C23H24N4O3/c24-23(29)25-13-11-20(28)27-14-12-19-18(15-27)22(26-30-19)21(16-7-3-1-4-8-16)17-9-5-2-6-10-17/h1-10,21H,11-15H2,(H3,24,25,29). The van der Waals surface area contributed by atoms with E-state index in [0.717, 1.165) is 28.1 Å². The molecule has 7 nitrogen and oxygen atoms in total. The van der Waals surface area contributed by atoms with Crippen LogP contribution in [-0.4, -0.2) is 35.1 Å². The molecule has 0 aliphatic carbocycles. The van der Waals surface area contributed by atoms with Crippen LogP contribution in [0.2, 0.25) is 0 Å². The number of benzene rings is 2. The van der Waals surface area contributed by atoms with Crippen molar-refractivity contribution in [1.29, 1.82) is 0 Å². The highest BCUT2D eigenvalue weighted by Gasteiger charge is 2.31. The zero-order valence-electron chi connectivity index (χ0n) is 16.6. The number of carbonyl (C=O) groups is 2. The van der Waals surface area contributed by atoms with Crippen molar-refractivity contribution in [3.8, 4) is 0 Å². The van der Waals surface area contributed by atoms with Gasteiger partial charge in [-0.1, -0.05) is 65.8 Å². The Morgan fingerprint density at radius 2 is 1.70 bits per heavy atom. The first-order valence-electron chi connectivity index (χ1n) is 10.0. The van der Waals surface area contributed by atoms with Gasteiger partial charge in [0.2, 0.25) is 5.91 Å². The molecule has 0 bridgehead atoms. The van der Waals surface area contributed by atoms with E-state index in [1.165, 1.54) is 0 Å². The molecule has 0 saturated heterocycles. The maximum atomic E-state index is 12.6. The predicted molar refractivity (Wildman–Crippen MR) is 112 cm³/mol. The summed E-state index contributed by atoms with van der Waals surface area (Å²) in [4.78, 5) is 25.2. The number of fused-ring (bicyclic) bond motifs is 1. The SMILES string of the molecule is NC(=O)NCCC(=O)N1CCc2onc(C(c3ccccc3)c3ccccc3)c2C1. The molecule has 3 N–H and O–H groups in total. The second-order valence-corrected chi connectivity index (χ2v) is 7.33. The van der Waals surface area contributed by atoms with Crippen molar-refractivity contribution in [1.82, 2.24) is 15.4 Å². The van der Waals surface area contributed by atoms with Crippen molar-refractivity contribution in [3.05, 3.63) is 88.8 Å². The van der Waals surface area contributed by atoms with Crippen molar-refractivity contribution in [2.24, 2.45) is 5.73 Å². The molecular weight excluding hydrogens is 380 g/mol. The summed E-state index contributed by atoms with van der Waals surface area (Å²) in [6.45, 7) is 1.24. The molecule has 0 unspecified atom stereocenters. The number of nitrogens with two attached hydrogens (primary N) is 1. The number of hydrogen-bond acceptors (Lipinski definition) is 4. The zero-order valence-corrected chi connectivity index (χ0v) is 16.6. The van der Waals surface area contributed by atoms with E-state index in [1.807, 2.05) is 36.4 Å². The smallest absolute Gasteiger partial charge is 0.312 e. The number of nitrogens with zero attached hydrogens (tertiary/aromatic N) is 2. The lowest BCUT2D eigenvalue weighted by Crippen LogP contribution is -2.39. The van der Waals surface area contributed by atoms with Gasteiger partial charge in [0.1, 0.15) is 11.5 Å². The highest BCUT2D eigenvalue weighted by Crippen LogP contribution is 2.36. The summed E-state index contributed by atoms with van der Waals surface area (Å²) in [5.74, 6) is 0.727. The lowest BCUT2D eigenvalue weighted by atomic mass is 9.85. The Morgan fingerprint density at radius 1 is 1.07 bits per heavy atom. The van der Waals surface area contributed by atoms with Gasteiger partial charge < -0.3 is 20.5 Å². The van der Waals surface area contributed by atoms with E-state index in [4.69, 9.17) is 10.3 Å². The second kappa shape index (κ2) is 8.82. The van der Waals surface area contributed by atoms with Gasteiger partial charge in [-0.05, 0) is 11.1 Å². The zero-order chi connectivity index (χ0) is 20.9. The molecule has 2 aromatic carbocycles. The van der Waals surface area contributed by atoms with Crippen molar-refractivity contribution in [2.75, 3.05) is 13.1 Å². The Balaban J connectivity index is 1.62. The largest absolute Gasteiger partial charge is 0.361 e. The van der Waals surface area contributed by atoms with Gasteiger partial charge in [-0.3, -0.25) is 4.79 Å². The highest BCUT2D eigenvalue weighted by molar-refractivity contribution is 5.78. The average Bonchev–Trinajstić information content (AvgIpc) is 3.18. The minimum Gasteiger partial charge on any atom is -0.361 e. The molecule has 4 rings (SSSR count). The lowest BCUT2D eigenvalue weighted by molar-refractivity contribution is -0.132. The summed E-state index contributed by atoms with van der Waals surface area (Å²) >= 11 is 0. The van der Waals surface area contributed by atoms with Crippen LogP contribution in [0, 0.1) is 0 Å². The summed E-state index contributed by atoms with van der Waals surface area (Å²) in [5.41, 5.74) is 9.12. The van der Waals surface area contributed by atoms with Crippen molar-refractivity contribution in [3.63, 3.8) is 0 Å². The van der Waals surface area contributed by atoms with Crippen molar-refractivity contribution in [2.45, 2.75) is 25.3 Å². The topological polar surface area (TPSA) is 101 Å². The number of rotatable bonds is 6. The van der Waals surface area contributed by atoms with E-state index in [0.29, 0.717) is 19.5 Å². The van der Waals surface area contributed by atoms with E-state index < -0.39 is 6.03 Å². The summed E-state index contributed by atoms with van der Waals surface area (Å²) in [6.07, 6.45) is 0.827. The minimum absolute atomic E-state index is 0.0301. The molecule has 1 aliphatic heterocycles. The fourth-order valence-electron chi connectivity index (χ4n) is 3.92. The maximum Gasteiger partial charge on any atom is 0.312 e. The fourth-order valence-corrected chi connectivity index (χ4v) is 3.92. The molecule has 30 heavy (non-hydrogen) atoms. The Labute approximate surface area is 174 Å². The van der Waals surface area contributed by atoms with Crippen LogP contribution < -0.4 is 11.1 Å². The van der Waals surface area contributed by atoms with E-state index in [9.17, 15) is 9.59 Å². The average molecular weight is 404 g/mol. The molecular formula is C23H24N4O3. The van der Waals surface area contributed by atoms with Crippen LogP contribution in [-0.2, 0) is 17.8 Å². The molecule has 154 valence electrons. The van der Waals surface area contributed by atoms with E-state index in [1.54, 1.807) is 4.90 Å². The van der Waals surface area contributed by atoms with E-state index in [2.05, 4.69) is 34.7 Å². The summed E-state index contributed by atoms with van der Waals surface area (Å²) in [5, 5.41) is 6.91. The molecule has 1 aromatic heterocycles. The third-order valence-electron chi connectivity index (χ3n) is 5.39. The number of primary amides is 1. The summed E-state index contributed by atoms with van der Waals surface area (Å²) in [7, 11) is 0. The first kappa shape index (κ1) is 19.7. The van der Waals surface area contributed by atoms with Crippen LogP contribution in [0.4, 0.5) is 4.79 Å². The molecule has 3 amide bonds. The van der Waals surface area contributed by atoms with Gasteiger partial charge in [0.05, 0.1) is 12.5 Å². The van der Waals surface area contributed by atoms with Crippen LogP contribution in [0.1, 0.15) is 40.5 Å².